The molecule has 0 unspecified atom stereocenters. The Labute approximate surface area is 103 Å². The molecule has 0 aliphatic rings. The van der Waals surface area contributed by atoms with E-state index in [0.717, 1.165) is 13.8 Å². The summed E-state index contributed by atoms with van der Waals surface area (Å²) in [6, 6.07) is 3.72. The minimum absolute atomic E-state index is 0.132. The van der Waals surface area contributed by atoms with Gasteiger partial charge < -0.3 is 4.98 Å². The summed E-state index contributed by atoms with van der Waals surface area (Å²) in [5, 5.41) is 0.777. The molecule has 0 aliphatic heterocycles. The maximum atomic E-state index is 11.7. The van der Waals surface area contributed by atoms with Crippen LogP contribution in [-0.4, -0.2) is 21.5 Å². The molecule has 0 saturated carbocycles. The van der Waals surface area contributed by atoms with E-state index in [1.165, 1.54) is 23.1 Å². The van der Waals surface area contributed by atoms with Gasteiger partial charge in [-0.25, -0.2) is 4.98 Å². The molecule has 1 N–H and O–H groups in total. The molecule has 6 heteroatoms. The smallest absolute Gasteiger partial charge is 0.183 e. The van der Waals surface area contributed by atoms with Crippen LogP contribution >= 0.6 is 39.0 Å². The summed E-state index contributed by atoms with van der Waals surface area (Å²) in [6.45, 7) is 0. The molecular formula is C9H7BrN2OS2. The average molecular weight is 303 g/mol. The van der Waals surface area contributed by atoms with Crippen LogP contribution in [0.5, 0.6) is 0 Å². The van der Waals surface area contributed by atoms with E-state index in [9.17, 15) is 4.79 Å². The number of carbonyl (C=O) groups excluding carboxylic acids is 1. The largest absolute Gasteiger partial charge is 0.340 e. The van der Waals surface area contributed by atoms with Crippen molar-refractivity contribution in [2.24, 2.45) is 0 Å². The van der Waals surface area contributed by atoms with E-state index < -0.39 is 0 Å². The fourth-order valence-electron chi connectivity index (χ4n) is 0.999. The van der Waals surface area contributed by atoms with Crippen molar-refractivity contribution in [1.82, 2.24) is 9.97 Å². The molecule has 3 nitrogen and oxygen atoms in total. The molecule has 2 aromatic heterocycles. The van der Waals surface area contributed by atoms with Crippen LogP contribution in [0.15, 0.2) is 33.5 Å². The minimum Gasteiger partial charge on any atom is -0.340 e. The van der Waals surface area contributed by atoms with Gasteiger partial charge in [0.2, 0.25) is 0 Å². The third-order valence-electron chi connectivity index (χ3n) is 1.66. The minimum atomic E-state index is 0.132. The monoisotopic (exact) mass is 302 g/mol. The topological polar surface area (TPSA) is 45.8 Å². The highest BCUT2D eigenvalue weighted by atomic mass is 79.9. The van der Waals surface area contributed by atoms with Gasteiger partial charge in [0.25, 0.3) is 0 Å². The van der Waals surface area contributed by atoms with E-state index in [1.54, 1.807) is 12.4 Å². The van der Waals surface area contributed by atoms with Crippen LogP contribution in [0.1, 0.15) is 9.67 Å². The van der Waals surface area contributed by atoms with E-state index >= 15 is 0 Å². The molecule has 0 amide bonds. The number of nitrogens with zero attached hydrogens (tertiary/aromatic N) is 1. The van der Waals surface area contributed by atoms with E-state index in [-0.39, 0.29) is 5.78 Å². The highest BCUT2D eigenvalue weighted by Crippen LogP contribution is 2.24. The van der Waals surface area contributed by atoms with Crippen molar-refractivity contribution in [2.45, 2.75) is 5.16 Å². The summed E-state index contributed by atoms with van der Waals surface area (Å²) in [6.07, 6.45) is 3.42. The number of hydrogen-bond acceptors (Lipinski definition) is 4. The van der Waals surface area contributed by atoms with Gasteiger partial charge in [-0.1, -0.05) is 11.8 Å². The first-order valence-electron chi connectivity index (χ1n) is 4.16. The van der Waals surface area contributed by atoms with Crippen molar-refractivity contribution in [3.8, 4) is 0 Å². The highest BCUT2D eigenvalue weighted by molar-refractivity contribution is 9.11. The van der Waals surface area contributed by atoms with Gasteiger partial charge in [-0.2, -0.15) is 0 Å². The number of halogens is 1. The second-order valence-corrected chi connectivity index (χ2v) is 6.14. The Morgan fingerprint density at radius 1 is 1.60 bits per heavy atom. The summed E-state index contributed by atoms with van der Waals surface area (Å²) < 4.78 is 0.980. The number of carbonyl (C=O) groups is 1. The molecule has 0 radical (unpaired) electrons. The SMILES string of the molecule is O=C(CSc1ncc[nH]1)c1ccc(Br)s1. The summed E-state index contributed by atoms with van der Waals surface area (Å²) in [7, 11) is 0. The lowest BCUT2D eigenvalue weighted by molar-refractivity contribution is 0.102. The Hall–Kier alpha value is -0.590. The maximum Gasteiger partial charge on any atom is 0.183 e. The van der Waals surface area contributed by atoms with Gasteiger partial charge in [-0.3, -0.25) is 4.79 Å². The predicted octanol–water partition coefficient (Wildman–Crippen LogP) is 3.21. The third-order valence-corrected chi connectivity index (χ3v) is 4.23. The molecule has 0 saturated heterocycles. The predicted molar refractivity (Wildman–Crippen MR) is 65.7 cm³/mol. The maximum absolute atomic E-state index is 11.7. The Balaban J connectivity index is 1.93. The van der Waals surface area contributed by atoms with E-state index in [4.69, 9.17) is 0 Å². The van der Waals surface area contributed by atoms with Crippen LogP contribution in [0.25, 0.3) is 0 Å². The molecule has 0 bridgehead atoms. The Morgan fingerprint density at radius 3 is 3.07 bits per heavy atom. The molecule has 0 aromatic carbocycles. The molecule has 0 fully saturated rings. The number of rotatable bonds is 4. The average Bonchev–Trinajstić information content (AvgIpc) is 2.84. The number of aromatic amines is 1. The van der Waals surface area contributed by atoms with Crippen molar-refractivity contribution >= 4 is 44.8 Å². The van der Waals surface area contributed by atoms with Crippen molar-refractivity contribution in [1.29, 1.82) is 0 Å². The van der Waals surface area contributed by atoms with Gasteiger partial charge in [0.1, 0.15) is 0 Å². The highest BCUT2D eigenvalue weighted by Gasteiger charge is 2.09. The van der Waals surface area contributed by atoms with Crippen LogP contribution in [-0.2, 0) is 0 Å². The van der Waals surface area contributed by atoms with Crippen molar-refractivity contribution in [3.05, 3.63) is 33.2 Å². The van der Waals surface area contributed by atoms with Crippen molar-refractivity contribution < 1.29 is 4.79 Å². The lowest BCUT2D eigenvalue weighted by atomic mass is 10.4. The molecule has 78 valence electrons. The fraction of sp³-hybridized carbons (Fsp3) is 0.111. The number of Topliss-reactive ketones (excluding diaryl/α,β-unsaturated/α-hetero) is 1. The molecule has 2 heterocycles. The summed E-state index contributed by atoms with van der Waals surface area (Å²) >= 11 is 6.20. The van der Waals surface area contributed by atoms with Gasteiger partial charge in [-0.05, 0) is 28.1 Å². The number of H-pyrrole nitrogens is 1. The number of hydrogen-bond donors (Lipinski definition) is 1. The molecule has 2 rings (SSSR count). The summed E-state index contributed by atoms with van der Waals surface area (Å²) in [4.78, 5) is 19.4. The second kappa shape index (κ2) is 4.96. The first-order chi connectivity index (χ1) is 7.25. The standard InChI is InChI=1S/C9H7BrN2OS2/c10-8-2-1-7(15-8)6(13)5-14-9-11-3-4-12-9/h1-4H,5H2,(H,11,12). The normalized spacial score (nSPS) is 10.5. The van der Waals surface area contributed by atoms with Crippen LogP contribution in [0.4, 0.5) is 0 Å². The number of ketones is 1. The van der Waals surface area contributed by atoms with E-state index in [2.05, 4.69) is 25.9 Å². The van der Waals surface area contributed by atoms with Crippen LogP contribution in [0.3, 0.4) is 0 Å². The summed E-state index contributed by atoms with van der Waals surface area (Å²) in [5.74, 6) is 0.549. The summed E-state index contributed by atoms with van der Waals surface area (Å²) in [5.41, 5.74) is 0. The van der Waals surface area contributed by atoms with Gasteiger partial charge >= 0.3 is 0 Å². The van der Waals surface area contributed by atoms with E-state index in [0.29, 0.717) is 5.75 Å². The van der Waals surface area contributed by atoms with Gasteiger partial charge in [0.15, 0.2) is 10.9 Å². The molecule has 15 heavy (non-hydrogen) atoms. The first-order valence-corrected chi connectivity index (χ1v) is 6.76. The molecule has 0 spiro atoms. The first kappa shape index (κ1) is 10.9. The zero-order valence-corrected chi connectivity index (χ0v) is 10.8. The zero-order valence-electron chi connectivity index (χ0n) is 7.57. The number of aromatic nitrogens is 2. The number of nitrogens with one attached hydrogen (secondary N) is 1. The molecule has 0 aliphatic carbocycles. The van der Waals surface area contributed by atoms with Gasteiger partial charge in [-0.15, -0.1) is 11.3 Å². The number of imidazole rings is 1. The number of thioether (sulfide) groups is 1. The third kappa shape index (κ3) is 2.93. The quantitative estimate of drug-likeness (QED) is 0.697. The molecular weight excluding hydrogens is 296 g/mol. The lowest BCUT2D eigenvalue weighted by Crippen LogP contribution is -1.99. The van der Waals surface area contributed by atoms with E-state index in [1.807, 2.05) is 12.1 Å². The molecule has 0 atom stereocenters. The fourth-order valence-corrected chi connectivity index (χ4v) is 3.12. The zero-order chi connectivity index (χ0) is 10.7. The van der Waals surface area contributed by atoms with Gasteiger partial charge in [0.05, 0.1) is 14.4 Å². The number of thiophene rings is 1. The van der Waals surface area contributed by atoms with Crippen LogP contribution in [0.2, 0.25) is 0 Å². The van der Waals surface area contributed by atoms with Crippen LogP contribution < -0.4 is 0 Å². The Morgan fingerprint density at radius 2 is 2.47 bits per heavy atom. The van der Waals surface area contributed by atoms with Crippen LogP contribution in [0, 0.1) is 0 Å². The Bertz CT molecular complexity index is 452. The van der Waals surface area contributed by atoms with Gasteiger partial charge in [0, 0.05) is 12.4 Å². The van der Waals surface area contributed by atoms with Crippen molar-refractivity contribution in [2.75, 3.05) is 5.75 Å². The van der Waals surface area contributed by atoms with Crippen molar-refractivity contribution in [3.63, 3.8) is 0 Å². The second-order valence-electron chi connectivity index (χ2n) is 2.71. The Kier molecular flexibility index (Phi) is 3.61. The lowest BCUT2D eigenvalue weighted by Gasteiger charge is -1.94. The molecule has 2 aromatic rings.